The summed E-state index contributed by atoms with van der Waals surface area (Å²) in [6, 6.07) is 0.624. The number of carbonyl (C=O) groups excluding carboxylic acids is 1. The fourth-order valence-electron chi connectivity index (χ4n) is 1.80. The first-order valence-electron chi connectivity index (χ1n) is 7.37. The molecule has 2 unspecified atom stereocenters. The van der Waals surface area contributed by atoms with Gasteiger partial charge in [0.2, 0.25) is 0 Å². The molecule has 0 fully saturated rings. The van der Waals surface area contributed by atoms with Gasteiger partial charge in [-0.3, -0.25) is 4.98 Å². The monoisotopic (exact) mass is 384 g/mol. The molecule has 0 saturated heterocycles. The molecule has 1 heterocycles. The molecule has 0 aromatic carbocycles. The average Bonchev–Trinajstić information content (AvgIpc) is 2.43. The molecule has 0 aliphatic rings. The number of aliphatic hydroxyl groups excluding tert-OH is 2. The number of alkyl carbamates (subject to hydrolysis) is 1. The molecule has 0 aliphatic carbocycles. The Morgan fingerprint density at radius 2 is 1.96 bits per heavy atom. The first-order valence-corrected chi connectivity index (χ1v) is 7.74. The van der Waals surface area contributed by atoms with Gasteiger partial charge >= 0.3 is 12.3 Å². The van der Waals surface area contributed by atoms with Crippen LogP contribution < -0.4 is 5.32 Å². The summed E-state index contributed by atoms with van der Waals surface area (Å²) in [4.78, 5) is 14.9. The summed E-state index contributed by atoms with van der Waals surface area (Å²) in [5.41, 5.74) is -2.02. The molecule has 1 aromatic heterocycles. The van der Waals surface area contributed by atoms with Crippen LogP contribution in [0.4, 0.5) is 18.0 Å². The Bertz CT molecular complexity index is 605. The maximum absolute atomic E-state index is 12.6. The lowest BCUT2D eigenvalue weighted by molar-refractivity contribution is -0.137. The quantitative estimate of drug-likeness (QED) is 0.725. The zero-order valence-electron chi connectivity index (χ0n) is 13.9. The van der Waals surface area contributed by atoms with E-state index in [0.29, 0.717) is 12.3 Å². The van der Waals surface area contributed by atoms with Crippen LogP contribution in [0.15, 0.2) is 12.3 Å². The fraction of sp³-hybridized carbons (Fsp3) is 0.600. The van der Waals surface area contributed by atoms with Crippen molar-refractivity contribution in [3.8, 4) is 0 Å². The van der Waals surface area contributed by atoms with Crippen LogP contribution in [0.2, 0.25) is 5.02 Å². The Morgan fingerprint density at radius 1 is 1.36 bits per heavy atom. The summed E-state index contributed by atoms with van der Waals surface area (Å²) in [5.74, 6) is 0. The largest absolute Gasteiger partial charge is 0.444 e. The molecule has 1 aromatic rings. The third-order valence-corrected chi connectivity index (χ3v) is 3.25. The molecule has 0 aliphatic heterocycles. The number of nitrogens with zero attached hydrogens (tertiary/aromatic N) is 1. The molecule has 1 amide bonds. The number of aliphatic hydroxyl groups is 2. The molecule has 0 radical (unpaired) electrons. The van der Waals surface area contributed by atoms with Gasteiger partial charge in [-0.25, -0.2) is 4.79 Å². The van der Waals surface area contributed by atoms with Gasteiger partial charge in [-0.15, -0.1) is 0 Å². The average molecular weight is 385 g/mol. The van der Waals surface area contributed by atoms with Gasteiger partial charge in [-0.2, -0.15) is 13.2 Å². The Morgan fingerprint density at radius 3 is 2.44 bits per heavy atom. The number of halogens is 4. The number of pyridine rings is 1. The standard InChI is InChI=1S/C15H20ClF3N2O4/c1-14(2,3)25-13(24)20-5-4-10(22)12(23)11-9(16)6-8(7-21-11)15(17,18)19/h6-7,10,12,22-23H,4-5H2,1-3H3,(H,20,24). The smallest absolute Gasteiger partial charge is 0.417 e. The number of hydrogen-bond acceptors (Lipinski definition) is 5. The van der Waals surface area contributed by atoms with Crippen LogP contribution in [0.3, 0.4) is 0 Å². The highest BCUT2D eigenvalue weighted by Crippen LogP contribution is 2.33. The summed E-state index contributed by atoms with van der Waals surface area (Å²) in [6.45, 7) is 5.03. The van der Waals surface area contributed by atoms with Crippen LogP contribution in [-0.4, -0.2) is 39.5 Å². The second-order valence-corrected chi connectivity index (χ2v) is 6.73. The van der Waals surface area contributed by atoms with E-state index in [4.69, 9.17) is 16.3 Å². The molecule has 6 nitrogen and oxygen atoms in total. The van der Waals surface area contributed by atoms with E-state index >= 15 is 0 Å². The van der Waals surface area contributed by atoms with Crippen molar-refractivity contribution in [3.05, 3.63) is 28.5 Å². The predicted octanol–water partition coefficient (Wildman–Crippen LogP) is 3.06. The van der Waals surface area contributed by atoms with Crippen LogP contribution in [0.5, 0.6) is 0 Å². The Labute approximate surface area is 148 Å². The molecular weight excluding hydrogens is 365 g/mol. The minimum absolute atomic E-state index is 0.0224. The Kier molecular flexibility index (Phi) is 7.04. The highest BCUT2D eigenvalue weighted by Gasteiger charge is 2.32. The second-order valence-electron chi connectivity index (χ2n) is 6.32. The van der Waals surface area contributed by atoms with Gasteiger partial charge in [0.1, 0.15) is 11.7 Å². The lowest BCUT2D eigenvalue weighted by atomic mass is 10.1. The molecule has 10 heteroatoms. The van der Waals surface area contributed by atoms with Crippen molar-refractivity contribution in [1.82, 2.24) is 10.3 Å². The van der Waals surface area contributed by atoms with Crippen molar-refractivity contribution in [2.24, 2.45) is 0 Å². The van der Waals surface area contributed by atoms with Gasteiger partial charge in [0.25, 0.3) is 0 Å². The summed E-state index contributed by atoms with van der Waals surface area (Å²) in [5, 5.41) is 21.9. The van der Waals surface area contributed by atoms with Crippen LogP contribution in [0, 0.1) is 0 Å². The summed E-state index contributed by atoms with van der Waals surface area (Å²) >= 11 is 5.71. The van der Waals surface area contributed by atoms with Gasteiger partial charge in [-0.05, 0) is 33.3 Å². The molecule has 3 N–H and O–H groups in total. The third kappa shape index (κ3) is 7.05. The van der Waals surface area contributed by atoms with E-state index in [-0.39, 0.29) is 18.7 Å². The van der Waals surface area contributed by atoms with E-state index in [1.54, 1.807) is 20.8 Å². The number of amides is 1. The normalized spacial score (nSPS) is 14.8. The van der Waals surface area contributed by atoms with E-state index in [9.17, 15) is 28.2 Å². The minimum atomic E-state index is -4.62. The Hall–Kier alpha value is -1.58. The van der Waals surface area contributed by atoms with Gasteiger partial charge in [0, 0.05) is 12.7 Å². The van der Waals surface area contributed by atoms with Crippen molar-refractivity contribution < 1.29 is 32.9 Å². The minimum Gasteiger partial charge on any atom is -0.444 e. The summed E-state index contributed by atoms with van der Waals surface area (Å²) in [6.07, 6.45) is -7.86. The van der Waals surface area contributed by atoms with E-state index in [0.717, 1.165) is 0 Å². The van der Waals surface area contributed by atoms with Gasteiger partial charge in [-0.1, -0.05) is 11.6 Å². The molecule has 0 bridgehead atoms. The van der Waals surface area contributed by atoms with E-state index in [1.165, 1.54) is 0 Å². The molecule has 25 heavy (non-hydrogen) atoms. The van der Waals surface area contributed by atoms with Crippen molar-refractivity contribution in [2.45, 2.75) is 51.2 Å². The van der Waals surface area contributed by atoms with Crippen LogP contribution >= 0.6 is 11.6 Å². The van der Waals surface area contributed by atoms with E-state index in [2.05, 4.69) is 10.3 Å². The Balaban J connectivity index is 2.62. The number of hydrogen-bond donors (Lipinski definition) is 3. The van der Waals surface area contributed by atoms with Crippen molar-refractivity contribution in [2.75, 3.05) is 6.54 Å². The molecule has 0 spiro atoms. The molecule has 0 saturated carbocycles. The molecular formula is C15H20ClF3N2O4. The number of aromatic nitrogens is 1. The topological polar surface area (TPSA) is 91.7 Å². The summed E-state index contributed by atoms with van der Waals surface area (Å²) < 4.78 is 42.7. The van der Waals surface area contributed by atoms with E-state index < -0.39 is 40.7 Å². The fourth-order valence-corrected chi connectivity index (χ4v) is 2.08. The lowest BCUT2D eigenvalue weighted by Crippen LogP contribution is -2.34. The van der Waals surface area contributed by atoms with Crippen LogP contribution in [0.1, 0.15) is 44.6 Å². The predicted molar refractivity (Wildman–Crippen MR) is 84.1 cm³/mol. The second kappa shape index (κ2) is 8.20. The zero-order chi connectivity index (χ0) is 19.4. The van der Waals surface area contributed by atoms with Crippen LogP contribution in [0.25, 0.3) is 0 Å². The number of nitrogens with one attached hydrogen (secondary N) is 1. The number of carbonyl (C=O) groups is 1. The summed E-state index contributed by atoms with van der Waals surface area (Å²) in [7, 11) is 0. The molecule has 1 rings (SSSR count). The maximum atomic E-state index is 12.6. The number of ether oxygens (including phenoxy) is 1. The lowest BCUT2D eigenvalue weighted by Gasteiger charge is -2.21. The van der Waals surface area contributed by atoms with Gasteiger partial charge < -0.3 is 20.3 Å². The first-order chi connectivity index (χ1) is 11.3. The first kappa shape index (κ1) is 21.5. The highest BCUT2D eigenvalue weighted by atomic mass is 35.5. The number of rotatable bonds is 5. The maximum Gasteiger partial charge on any atom is 0.417 e. The molecule has 142 valence electrons. The van der Waals surface area contributed by atoms with Gasteiger partial charge in [0.05, 0.1) is 22.4 Å². The number of alkyl halides is 3. The van der Waals surface area contributed by atoms with Crippen LogP contribution in [-0.2, 0) is 10.9 Å². The van der Waals surface area contributed by atoms with E-state index in [1.807, 2.05) is 0 Å². The molecule has 2 atom stereocenters. The van der Waals surface area contributed by atoms with Crippen molar-refractivity contribution in [1.29, 1.82) is 0 Å². The van der Waals surface area contributed by atoms with Crippen molar-refractivity contribution in [3.63, 3.8) is 0 Å². The SMILES string of the molecule is CC(C)(C)OC(=O)NCCC(O)C(O)c1ncc(C(F)(F)F)cc1Cl. The highest BCUT2D eigenvalue weighted by molar-refractivity contribution is 6.31. The third-order valence-electron chi connectivity index (χ3n) is 2.95. The van der Waals surface area contributed by atoms with Crippen molar-refractivity contribution >= 4 is 17.7 Å². The zero-order valence-corrected chi connectivity index (χ0v) is 14.6. The van der Waals surface area contributed by atoms with Gasteiger partial charge in [0.15, 0.2) is 0 Å².